The fraction of sp³-hybridized carbons (Fsp3) is 0.833. The van der Waals surface area contributed by atoms with Gasteiger partial charge in [0.2, 0.25) is 5.91 Å². The van der Waals surface area contributed by atoms with E-state index in [-0.39, 0.29) is 5.91 Å². The number of likely N-dealkylation sites (tertiary alicyclic amines) is 1. The highest BCUT2D eigenvalue weighted by Gasteiger charge is 2.46. The summed E-state index contributed by atoms with van der Waals surface area (Å²) in [7, 11) is 0. The molecule has 1 amide bonds. The Labute approximate surface area is 101 Å². The number of hydrogen-bond acceptors (Lipinski definition) is 3. The molecule has 1 aliphatic heterocycles. The van der Waals surface area contributed by atoms with Gasteiger partial charge in [-0.2, -0.15) is 0 Å². The first-order chi connectivity index (χ1) is 8.10. The van der Waals surface area contributed by atoms with Crippen LogP contribution in [0.2, 0.25) is 0 Å². The van der Waals surface area contributed by atoms with Crippen LogP contribution in [0.25, 0.3) is 0 Å². The number of carboxylic acid groups (broad SMARTS) is 1. The van der Waals surface area contributed by atoms with Crippen LogP contribution in [0, 0.1) is 5.41 Å². The second-order valence-electron chi connectivity index (χ2n) is 5.19. The van der Waals surface area contributed by atoms with Crippen molar-refractivity contribution in [3.8, 4) is 0 Å². The van der Waals surface area contributed by atoms with Gasteiger partial charge in [0.25, 0.3) is 0 Å². The molecule has 5 nitrogen and oxygen atoms in total. The Kier molecular flexibility index (Phi) is 3.38. The third kappa shape index (κ3) is 2.04. The van der Waals surface area contributed by atoms with Gasteiger partial charge in [-0.15, -0.1) is 0 Å². The molecule has 0 aromatic heterocycles. The molecular weight excluding hydrogens is 220 g/mol. The normalized spacial score (nSPS) is 27.4. The van der Waals surface area contributed by atoms with Crippen molar-refractivity contribution < 1.29 is 14.7 Å². The van der Waals surface area contributed by atoms with Gasteiger partial charge in [0.15, 0.2) is 0 Å². The summed E-state index contributed by atoms with van der Waals surface area (Å²) in [6, 6.07) is -0.633. The van der Waals surface area contributed by atoms with Crippen LogP contribution in [0.5, 0.6) is 0 Å². The smallest absolute Gasteiger partial charge is 0.326 e. The van der Waals surface area contributed by atoms with Crippen molar-refractivity contribution in [2.75, 3.05) is 13.1 Å². The van der Waals surface area contributed by atoms with Crippen molar-refractivity contribution in [2.45, 2.75) is 44.6 Å². The number of hydrogen-bond donors (Lipinski definition) is 2. The molecule has 0 spiro atoms. The second-order valence-corrected chi connectivity index (χ2v) is 5.19. The van der Waals surface area contributed by atoms with E-state index in [0.717, 1.165) is 32.1 Å². The lowest BCUT2D eigenvalue weighted by Crippen LogP contribution is -2.50. The lowest BCUT2D eigenvalue weighted by atomic mass is 9.84. The maximum atomic E-state index is 12.5. The summed E-state index contributed by atoms with van der Waals surface area (Å²) in [5, 5.41) is 9.11. The number of nitrogens with zero attached hydrogens (tertiary/aromatic N) is 1. The van der Waals surface area contributed by atoms with Crippen molar-refractivity contribution in [1.82, 2.24) is 4.90 Å². The molecule has 1 atom stereocenters. The van der Waals surface area contributed by atoms with Crippen LogP contribution in [0.3, 0.4) is 0 Å². The lowest BCUT2D eigenvalue weighted by Gasteiger charge is -2.33. The maximum absolute atomic E-state index is 12.5. The summed E-state index contributed by atoms with van der Waals surface area (Å²) in [4.78, 5) is 25.1. The Balaban J connectivity index is 2.15. The molecule has 3 N–H and O–H groups in total. The summed E-state index contributed by atoms with van der Waals surface area (Å²) in [6.45, 7) is 0.909. The zero-order chi connectivity index (χ0) is 12.5. The van der Waals surface area contributed by atoms with Crippen LogP contribution in [0.1, 0.15) is 38.5 Å². The van der Waals surface area contributed by atoms with Crippen LogP contribution in [-0.2, 0) is 9.59 Å². The number of carbonyl (C=O) groups is 2. The number of amides is 1. The molecule has 96 valence electrons. The molecule has 1 aliphatic carbocycles. The first-order valence-electron chi connectivity index (χ1n) is 6.35. The van der Waals surface area contributed by atoms with E-state index in [4.69, 9.17) is 10.8 Å². The van der Waals surface area contributed by atoms with Gasteiger partial charge in [0, 0.05) is 13.1 Å². The Morgan fingerprint density at radius 3 is 2.47 bits per heavy atom. The largest absolute Gasteiger partial charge is 0.480 e. The Morgan fingerprint density at radius 2 is 1.94 bits per heavy atom. The minimum absolute atomic E-state index is 0.0256. The minimum atomic E-state index is -0.888. The van der Waals surface area contributed by atoms with E-state index in [1.807, 2.05) is 0 Å². The van der Waals surface area contributed by atoms with Crippen molar-refractivity contribution in [3.05, 3.63) is 0 Å². The van der Waals surface area contributed by atoms with Crippen molar-refractivity contribution in [3.63, 3.8) is 0 Å². The van der Waals surface area contributed by atoms with Gasteiger partial charge in [-0.1, -0.05) is 12.8 Å². The molecule has 1 heterocycles. The van der Waals surface area contributed by atoms with E-state index in [2.05, 4.69) is 0 Å². The molecule has 0 unspecified atom stereocenters. The van der Waals surface area contributed by atoms with Gasteiger partial charge >= 0.3 is 5.97 Å². The number of carbonyl (C=O) groups excluding carboxylic acids is 1. The van der Waals surface area contributed by atoms with E-state index in [0.29, 0.717) is 19.5 Å². The van der Waals surface area contributed by atoms with Crippen LogP contribution in [-0.4, -0.2) is 41.0 Å². The number of carboxylic acids is 1. The molecule has 17 heavy (non-hydrogen) atoms. The zero-order valence-electron chi connectivity index (χ0n) is 10.0. The van der Waals surface area contributed by atoms with Gasteiger partial charge < -0.3 is 15.7 Å². The summed E-state index contributed by atoms with van der Waals surface area (Å²) >= 11 is 0. The molecule has 2 aliphatic rings. The first-order valence-corrected chi connectivity index (χ1v) is 6.35. The minimum Gasteiger partial charge on any atom is -0.480 e. The average Bonchev–Trinajstić information content (AvgIpc) is 2.98. The standard InChI is InChI=1S/C12H20N2O3/c13-8-12(5-1-2-6-12)11(17)14-7-3-4-9(14)10(15)16/h9H,1-8,13H2,(H,15,16)/t9-/m0/s1. The zero-order valence-corrected chi connectivity index (χ0v) is 10.0. The van der Waals surface area contributed by atoms with Crippen LogP contribution in [0.4, 0.5) is 0 Å². The topological polar surface area (TPSA) is 83.6 Å². The fourth-order valence-electron chi connectivity index (χ4n) is 3.13. The monoisotopic (exact) mass is 240 g/mol. The molecule has 0 aromatic rings. The van der Waals surface area contributed by atoms with Gasteiger partial charge in [0.1, 0.15) is 6.04 Å². The fourth-order valence-corrected chi connectivity index (χ4v) is 3.13. The van der Waals surface area contributed by atoms with E-state index in [1.165, 1.54) is 0 Å². The van der Waals surface area contributed by atoms with E-state index in [1.54, 1.807) is 4.90 Å². The lowest BCUT2D eigenvalue weighted by molar-refractivity contribution is -0.152. The first kappa shape index (κ1) is 12.4. The van der Waals surface area contributed by atoms with Crippen molar-refractivity contribution in [2.24, 2.45) is 11.1 Å². The van der Waals surface area contributed by atoms with Crippen molar-refractivity contribution in [1.29, 1.82) is 0 Å². The van der Waals surface area contributed by atoms with E-state index >= 15 is 0 Å². The molecule has 0 bridgehead atoms. The predicted octanol–water partition coefficient (Wildman–Crippen LogP) is 0.581. The molecule has 1 saturated carbocycles. The van der Waals surface area contributed by atoms with Crippen LogP contribution < -0.4 is 5.73 Å². The van der Waals surface area contributed by atoms with Gasteiger partial charge in [0.05, 0.1) is 5.41 Å². The Morgan fingerprint density at radius 1 is 1.29 bits per heavy atom. The number of aliphatic carboxylic acids is 1. The molecule has 2 fully saturated rings. The third-order valence-electron chi connectivity index (χ3n) is 4.20. The summed E-state index contributed by atoms with van der Waals surface area (Å²) < 4.78 is 0. The highest BCUT2D eigenvalue weighted by molar-refractivity contribution is 5.88. The van der Waals surface area contributed by atoms with E-state index in [9.17, 15) is 9.59 Å². The highest BCUT2D eigenvalue weighted by atomic mass is 16.4. The SMILES string of the molecule is NCC1(C(=O)N2CCC[C@H]2C(=O)O)CCCC1. The molecule has 1 saturated heterocycles. The van der Waals surface area contributed by atoms with E-state index < -0.39 is 17.4 Å². The quantitative estimate of drug-likeness (QED) is 0.756. The molecule has 5 heteroatoms. The third-order valence-corrected chi connectivity index (χ3v) is 4.20. The second kappa shape index (κ2) is 4.64. The van der Waals surface area contributed by atoms with Crippen LogP contribution >= 0.6 is 0 Å². The summed E-state index contributed by atoms with van der Waals surface area (Å²) in [5.41, 5.74) is 5.29. The van der Waals surface area contributed by atoms with Gasteiger partial charge in [-0.25, -0.2) is 4.79 Å². The highest BCUT2D eigenvalue weighted by Crippen LogP contribution is 2.40. The summed E-state index contributed by atoms with van der Waals surface area (Å²) in [5.74, 6) is -0.914. The molecule has 2 rings (SSSR count). The molecule has 0 radical (unpaired) electrons. The number of rotatable bonds is 3. The van der Waals surface area contributed by atoms with Crippen LogP contribution in [0.15, 0.2) is 0 Å². The number of nitrogens with two attached hydrogens (primary N) is 1. The van der Waals surface area contributed by atoms with Gasteiger partial charge in [-0.3, -0.25) is 4.79 Å². The predicted molar refractivity (Wildman–Crippen MR) is 62.3 cm³/mol. The molecule has 0 aromatic carbocycles. The van der Waals surface area contributed by atoms with Crippen molar-refractivity contribution >= 4 is 11.9 Å². The molecular formula is C12H20N2O3. The average molecular weight is 240 g/mol. The Bertz CT molecular complexity index is 324. The van der Waals surface area contributed by atoms with Gasteiger partial charge in [-0.05, 0) is 25.7 Å². The maximum Gasteiger partial charge on any atom is 0.326 e. The Hall–Kier alpha value is -1.10. The summed E-state index contributed by atoms with van der Waals surface area (Å²) in [6.07, 6.45) is 5.02.